The summed E-state index contributed by atoms with van der Waals surface area (Å²) in [4.78, 5) is 11.6. The average Bonchev–Trinajstić information content (AvgIpc) is 3.25. The number of fused-ring (bicyclic) bond motifs is 1. The number of halogens is 2. The third-order valence-electron chi connectivity index (χ3n) is 7.46. The summed E-state index contributed by atoms with van der Waals surface area (Å²) in [5.74, 6) is -0.483. The molecule has 6 nitrogen and oxygen atoms in total. The molecule has 2 atom stereocenters. The molecule has 3 aromatic rings. The van der Waals surface area contributed by atoms with E-state index in [1.807, 2.05) is 32.0 Å². The highest BCUT2D eigenvalue weighted by Crippen LogP contribution is 2.40. The smallest absolute Gasteiger partial charge is 0.270 e. The molecule has 0 aliphatic carbocycles. The van der Waals surface area contributed by atoms with E-state index in [1.165, 1.54) is 6.07 Å². The number of hydrogen-bond acceptors (Lipinski definition) is 6. The molecule has 0 radical (unpaired) electrons. The Morgan fingerprint density at radius 2 is 1.84 bits per heavy atom. The molecule has 1 aromatic heterocycles. The summed E-state index contributed by atoms with van der Waals surface area (Å²) in [7, 11) is 3.75. The van der Waals surface area contributed by atoms with Gasteiger partial charge in [-0.2, -0.15) is 0 Å². The Balaban J connectivity index is 1.73. The van der Waals surface area contributed by atoms with Crippen LogP contribution in [0.25, 0.3) is 10.9 Å². The largest absolute Gasteiger partial charge is 0.493 e. The van der Waals surface area contributed by atoms with Gasteiger partial charge >= 0.3 is 0 Å². The summed E-state index contributed by atoms with van der Waals surface area (Å²) in [5, 5.41) is 4.23. The van der Waals surface area contributed by atoms with E-state index in [9.17, 15) is 8.78 Å². The fourth-order valence-electron chi connectivity index (χ4n) is 5.62. The highest BCUT2D eigenvalue weighted by Gasteiger charge is 2.38. The Morgan fingerprint density at radius 3 is 2.46 bits per heavy atom. The minimum Gasteiger partial charge on any atom is -0.493 e. The molecule has 0 saturated carbocycles. The maximum Gasteiger partial charge on any atom is 0.270 e. The first-order valence-corrected chi connectivity index (χ1v) is 12.8. The summed E-state index contributed by atoms with van der Waals surface area (Å²) < 4.78 is 40.6. The molecular formula is C29H38F2N4O2. The zero-order valence-corrected chi connectivity index (χ0v) is 23.1. The van der Waals surface area contributed by atoms with Gasteiger partial charge in [0.05, 0.1) is 18.7 Å². The summed E-state index contributed by atoms with van der Waals surface area (Å²) in [6.07, 6.45) is 2.22. The molecule has 4 rings (SSSR count). The van der Waals surface area contributed by atoms with Crippen molar-refractivity contribution < 1.29 is 18.3 Å². The fraction of sp³-hybridized carbons (Fsp3) is 0.517. The fourth-order valence-corrected chi connectivity index (χ4v) is 5.62. The van der Waals surface area contributed by atoms with E-state index in [2.05, 4.69) is 41.1 Å². The van der Waals surface area contributed by atoms with E-state index in [-0.39, 0.29) is 17.6 Å². The number of aromatic nitrogens is 2. The lowest BCUT2D eigenvalue weighted by atomic mass is 9.94. The maximum atomic E-state index is 14.2. The van der Waals surface area contributed by atoms with Crippen LogP contribution in [0.1, 0.15) is 69.1 Å². The van der Waals surface area contributed by atoms with E-state index < -0.39 is 11.5 Å². The number of rotatable bonds is 8. The van der Waals surface area contributed by atoms with Gasteiger partial charge in [-0.1, -0.05) is 18.2 Å². The molecule has 0 bridgehead atoms. The van der Waals surface area contributed by atoms with Gasteiger partial charge in [0, 0.05) is 30.0 Å². The molecule has 2 heterocycles. The first kappa shape index (κ1) is 27.0. The molecule has 200 valence electrons. The van der Waals surface area contributed by atoms with Crippen molar-refractivity contribution in [3.05, 3.63) is 52.8 Å². The first-order valence-electron chi connectivity index (χ1n) is 12.8. The van der Waals surface area contributed by atoms with Crippen LogP contribution in [-0.2, 0) is 5.92 Å². The quantitative estimate of drug-likeness (QED) is 0.359. The van der Waals surface area contributed by atoms with E-state index in [0.717, 1.165) is 37.3 Å². The summed E-state index contributed by atoms with van der Waals surface area (Å²) in [6, 6.07) is 8.83. The zero-order chi connectivity index (χ0) is 27.1. The number of aryl methyl sites for hydroxylation is 1. The van der Waals surface area contributed by atoms with Crippen molar-refractivity contribution in [3.63, 3.8) is 0 Å². The van der Waals surface area contributed by atoms with Gasteiger partial charge < -0.3 is 14.8 Å². The van der Waals surface area contributed by atoms with Crippen molar-refractivity contribution in [1.29, 1.82) is 0 Å². The topological polar surface area (TPSA) is 59.5 Å². The Labute approximate surface area is 218 Å². The maximum absolute atomic E-state index is 14.2. The van der Waals surface area contributed by atoms with Crippen LogP contribution < -0.4 is 14.8 Å². The lowest BCUT2D eigenvalue weighted by Crippen LogP contribution is -2.48. The van der Waals surface area contributed by atoms with Crippen molar-refractivity contribution in [2.75, 3.05) is 26.0 Å². The number of likely N-dealkylation sites (tertiary alicyclic amines) is 1. The summed E-state index contributed by atoms with van der Waals surface area (Å²) in [5.41, 5.74) is 1.66. The van der Waals surface area contributed by atoms with E-state index in [4.69, 9.17) is 9.47 Å². The van der Waals surface area contributed by atoms with Gasteiger partial charge in [0.15, 0.2) is 11.5 Å². The van der Waals surface area contributed by atoms with E-state index in [0.29, 0.717) is 34.2 Å². The third kappa shape index (κ3) is 5.49. The molecule has 1 aliphatic heterocycles. The molecule has 1 N–H and O–H groups in total. The minimum absolute atomic E-state index is 0.0295. The third-order valence-corrected chi connectivity index (χ3v) is 7.46. The normalized spacial score (nSPS) is 17.7. The van der Waals surface area contributed by atoms with Crippen LogP contribution in [0.4, 0.5) is 14.6 Å². The van der Waals surface area contributed by atoms with E-state index in [1.54, 1.807) is 20.1 Å². The Kier molecular flexibility index (Phi) is 7.34. The monoisotopic (exact) mass is 512 g/mol. The van der Waals surface area contributed by atoms with Crippen LogP contribution in [0.3, 0.4) is 0 Å². The SMILES string of the molecule is COc1cc2nc(C)nc(N[C@H](C)c3cccc(C(C)(F)F)c3C)c2cc1OC(C)(C)[C@@H]1CCCN1C. The molecule has 8 heteroatoms. The van der Waals surface area contributed by atoms with Gasteiger partial charge in [0.1, 0.15) is 17.2 Å². The van der Waals surface area contributed by atoms with Crippen molar-refractivity contribution in [2.24, 2.45) is 0 Å². The van der Waals surface area contributed by atoms with Gasteiger partial charge in [0.2, 0.25) is 0 Å². The highest BCUT2D eigenvalue weighted by molar-refractivity contribution is 5.92. The average molecular weight is 513 g/mol. The van der Waals surface area contributed by atoms with Crippen molar-refractivity contribution in [2.45, 2.75) is 78.0 Å². The molecule has 37 heavy (non-hydrogen) atoms. The Hall–Kier alpha value is -3.00. The number of methoxy groups -OCH3 is 1. The van der Waals surface area contributed by atoms with Crippen LogP contribution in [0.5, 0.6) is 11.5 Å². The second-order valence-electron chi connectivity index (χ2n) is 10.8. The second kappa shape index (κ2) is 10.0. The van der Waals surface area contributed by atoms with Crippen LogP contribution >= 0.6 is 0 Å². The number of hydrogen-bond donors (Lipinski definition) is 1. The Morgan fingerprint density at radius 1 is 1.11 bits per heavy atom. The molecule has 0 amide bonds. The van der Waals surface area contributed by atoms with Gasteiger partial charge in [-0.3, -0.25) is 4.90 Å². The lowest BCUT2D eigenvalue weighted by Gasteiger charge is -2.37. The lowest BCUT2D eigenvalue weighted by molar-refractivity contribution is 0.0167. The van der Waals surface area contributed by atoms with Gasteiger partial charge in [-0.15, -0.1) is 0 Å². The minimum atomic E-state index is -2.92. The van der Waals surface area contributed by atoms with Gasteiger partial charge in [-0.25, -0.2) is 18.7 Å². The van der Waals surface area contributed by atoms with Gasteiger partial charge in [-0.05, 0) is 78.2 Å². The van der Waals surface area contributed by atoms with Crippen LogP contribution in [0.2, 0.25) is 0 Å². The number of anilines is 1. The zero-order valence-electron chi connectivity index (χ0n) is 23.1. The van der Waals surface area contributed by atoms with Crippen molar-refractivity contribution >= 4 is 16.7 Å². The number of ether oxygens (including phenoxy) is 2. The second-order valence-corrected chi connectivity index (χ2v) is 10.8. The predicted molar refractivity (Wildman–Crippen MR) is 144 cm³/mol. The molecule has 2 aromatic carbocycles. The molecule has 0 unspecified atom stereocenters. The predicted octanol–water partition coefficient (Wildman–Crippen LogP) is 6.79. The van der Waals surface area contributed by atoms with Crippen LogP contribution in [0, 0.1) is 13.8 Å². The van der Waals surface area contributed by atoms with E-state index >= 15 is 0 Å². The molecular weight excluding hydrogens is 474 g/mol. The number of nitrogens with one attached hydrogen (secondary N) is 1. The molecule has 1 fully saturated rings. The highest BCUT2D eigenvalue weighted by atomic mass is 19.3. The first-order chi connectivity index (χ1) is 17.3. The van der Waals surface area contributed by atoms with Crippen molar-refractivity contribution in [1.82, 2.24) is 14.9 Å². The number of benzene rings is 2. The van der Waals surface area contributed by atoms with Crippen LogP contribution in [-0.4, -0.2) is 47.2 Å². The summed E-state index contributed by atoms with van der Waals surface area (Å²) in [6.45, 7) is 11.7. The number of alkyl halides is 2. The standard InChI is InChI=1S/C29H38F2N4O2/c1-17-20(11-9-12-22(17)29(6,30)31)18(2)32-27-21-15-25(24(36-8)16-23(21)33-19(3)34-27)37-28(4,5)26-13-10-14-35(26)7/h9,11-12,15-16,18,26H,10,13-14H2,1-8H3,(H,32,33,34)/t18-,26+/m1/s1. The summed E-state index contributed by atoms with van der Waals surface area (Å²) >= 11 is 0. The number of likely N-dealkylation sites (N-methyl/N-ethyl adjacent to an activating group) is 1. The van der Waals surface area contributed by atoms with Gasteiger partial charge in [0.25, 0.3) is 5.92 Å². The Bertz CT molecular complexity index is 1290. The number of nitrogens with zero attached hydrogens (tertiary/aromatic N) is 3. The van der Waals surface area contributed by atoms with Crippen LogP contribution in [0.15, 0.2) is 30.3 Å². The molecule has 0 spiro atoms. The van der Waals surface area contributed by atoms with Crippen molar-refractivity contribution in [3.8, 4) is 11.5 Å². The molecule has 1 aliphatic rings. The molecule has 1 saturated heterocycles.